The van der Waals surface area contributed by atoms with Crippen molar-refractivity contribution in [2.24, 2.45) is 0 Å². The van der Waals surface area contributed by atoms with Crippen LogP contribution in [0.15, 0.2) is 41.3 Å². The van der Waals surface area contributed by atoms with E-state index in [0.717, 1.165) is 31.5 Å². The van der Waals surface area contributed by atoms with Crippen LogP contribution in [-0.2, 0) is 5.60 Å². The fourth-order valence-electron chi connectivity index (χ4n) is 4.26. The first-order valence-electron chi connectivity index (χ1n) is 9.17. The molecule has 1 amide bonds. The monoisotopic (exact) mass is 356 g/mol. The van der Waals surface area contributed by atoms with Gasteiger partial charge in [-0.25, -0.2) is 4.79 Å². The maximum Gasteiger partial charge on any atom is 0.323 e. The number of aromatic nitrogens is 2. The Bertz CT molecular complexity index is 825. The lowest BCUT2D eigenvalue weighted by molar-refractivity contribution is -0.0878. The molecule has 1 aromatic carbocycles. The number of amides is 1. The van der Waals surface area contributed by atoms with Gasteiger partial charge < -0.3 is 20.0 Å². The molecule has 0 radical (unpaired) electrons. The van der Waals surface area contributed by atoms with E-state index in [-0.39, 0.29) is 23.3 Å². The van der Waals surface area contributed by atoms with Crippen LogP contribution in [0.2, 0.25) is 0 Å². The molecular weight excluding hydrogens is 332 g/mol. The number of likely N-dealkylation sites (tertiary alicyclic amines) is 2. The minimum Gasteiger partial charge on any atom is -0.383 e. The molecule has 2 aromatic rings. The first-order chi connectivity index (χ1) is 12.6. The zero-order valence-corrected chi connectivity index (χ0v) is 14.6. The van der Waals surface area contributed by atoms with Crippen LogP contribution in [0, 0.1) is 0 Å². The van der Waals surface area contributed by atoms with Gasteiger partial charge in [0.15, 0.2) is 0 Å². The molecule has 2 atom stereocenters. The number of carbonyl (C=O) groups is 1. The van der Waals surface area contributed by atoms with Gasteiger partial charge >= 0.3 is 5.69 Å². The SMILES string of the molecule is O=C(c1c[nH]c(=O)[nH]1)N1CC[C@](O)(c2ccccc2)[C@H](N2CCCC2)C1. The third-order valence-corrected chi connectivity index (χ3v) is 5.68. The average molecular weight is 356 g/mol. The fraction of sp³-hybridized carbons (Fsp3) is 0.474. The zero-order chi connectivity index (χ0) is 18.1. The third-order valence-electron chi connectivity index (χ3n) is 5.68. The summed E-state index contributed by atoms with van der Waals surface area (Å²) in [6, 6.07) is 9.59. The molecule has 3 heterocycles. The summed E-state index contributed by atoms with van der Waals surface area (Å²) in [6.07, 6.45) is 4.10. The highest BCUT2D eigenvalue weighted by Gasteiger charge is 2.47. The van der Waals surface area contributed by atoms with E-state index in [2.05, 4.69) is 14.9 Å². The highest BCUT2D eigenvalue weighted by Crippen LogP contribution is 2.37. The number of hydrogen-bond donors (Lipinski definition) is 3. The molecule has 2 fully saturated rings. The predicted octanol–water partition coefficient (Wildman–Crippen LogP) is 0.901. The second-order valence-corrected chi connectivity index (χ2v) is 7.21. The van der Waals surface area contributed by atoms with Crippen LogP contribution in [0.5, 0.6) is 0 Å². The van der Waals surface area contributed by atoms with Crippen molar-refractivity contribution in [2.45, 2.75) is 30.9 Å². The van der Waals surface area contributed by atoms with Crippen LogP contribution >= 0.6 is 0 Å². The Morgan fingerprint density at radius 2 is 1.88 bits per heavy atom. The lowest BCUT2D eigenvalue weighted by atomic mass is 9.79. The summed E-state index contributed by atoms with van der Waals surface area (Å²) in [7, 11) is 0. The number of piperidine rings is 1. The summed E-state index contributed by atoms with van der Waals surface area (Å²) in [6.45, 7) is 2.75. The molecule has 0 aliphatic carbocycles. The Balaban J connectivity index is 1.63. The largest absolute Gasteiger partial charge is 0.383 e. The van der Waals surface area contributed by atoms with Crippen molar-refractivity contribution in [1.82, 2.24) is 19.8 Å². The zero-order valence-electron chi connectivity index (χ0n) is 14.6. The van der Waals surface area contributed by atoms with Gasteiger partial charge in [-0.2, -0.15) is 0 Å². The van der Waals surface area contributed by atoms with Crippen molar-refractivity contribution in [3.8, 4) is 0 Å². The summed E-state index contributed by atoms with van der Waals surface area (Å²) < 4.78 is 0. The number of nitrogens with one attached hydrogen (secondary N) is 2. The highest BCUT2D eigenvalue weighted by atomic mass is 16.3. The van der Waals surface area contributed by atoms with E-state index in [4.69, 9.17) is 0 Å². The summed E-state index contributed by atoms with van der Waals surface area (Å²) in [5.41, 5.74) is -0.199. The molecule has 7 nitrogen and oxygen atoms in total. The minimum atomic E-state index is -0.978. The Labute approximate surface area is 151 Å². The number of aromatic amines is 2. The quantitative estimate of drug-likeness (QED) is 0.762. The van der Waals surface area contributed by atoms with Gasteiger partial charge in [-0.05, 0) is 37.9 Å². The first-order valence-corrected chi connectivity index (χ1v) is 9.17. The topological polar surface area (TPSA) is 92.4 Å². The fourth-order valence-corrected chi connectivity index (χ4v) is 4.26. The second kappa shape index (κ2) is 6.74. The molecule has 4 rings (SSSR count). The highest BCUT2D eigenvalue weighted by molar-refractivity contribution is 5.92. The molecule has 3 N–H and O–H groups in total. The number of imidazole rings is 1. The van der Waals surface area contributed by atoms with Crippen LogP contribution in [-0.4, -0.2) is 63.0 Å². The van der Waals surface area contributed by atoms with Crippen molar-refractivity contribution < 1.29 is 9.90 Å². The molecule has 0 spiro atoms. The number of aliphatic hydroxyl groups is 1. The first kappa shape index (κ1) is 17.1. The van der Waals surface area contributed by atoms with Crippen LogP contribution in [0.3, 0.4) is 0 Å². The minimum absolute atomic E-state index is 0.157. The standard InChI is InChI=1S/C19H24N4O3/c24-17(15-12-20-18(25)21-15)23-11-8-19(26,14-6-2-1-3-7-14)16(13-23)22-9-4-5-10-22/h1-3,6-7,12,16,26H,4-5,8-11,13H2,(H2,20,21,25)/t16-,19+/m1/s1. The van der Waals surface area contributed by atoms with Gasteiger partial charge in [0, 0.05) is 19.3 Å². The Morgan fingerprint density at radius 3 is 2.54 bits per heavy atom. The van der Waals surface area contributed by atoms with E-state index in [1.54, 1.807) is 4.90 Å². The van der Waals surface area contributed by atoms with E-state index in [1.807, 2.05) is 30.3 Å². The summed E-state index contributed by atoms with van der Waals surface area (Å²) in [4.78, 5) is 33.1. The average Bonchev–Trinajstić information content (AvgIpc) is 3.34. The number of benzene rings is 1. The summed E-state index contributed by atoms with van der Waals surface area (Å²) in [5, 5.41) is 11.6. The van der Waals surface area contributed by atoms with E-state index in [0.29, 0.717) is 19.5 Å². The van der Waals surface area contributed by atoms with Crippen molar-refractivity contribution in [3.63, 3.8) is 0 Å². The van der Waals surface area contributed by atoms with Gasteiger partial charge in [0.2, 0.25) is 0 Å². The molecular formula is C19H24N4O3. The number of hydrogen-bond acceptors (Lipinski definition) is 4. The van der Waals surface area contributed by atoms with Crippen molar-refractivity contribution >= 4 is 5.91 Å². The van der Waals surface area contributed by atoms with Crippen molar-refractivity contribution in [3.05, 3.63) is 58.3 Å². The molecule has 26 heavy (non-hydrogen) atoms. The molecule has 7 heteroatoms. The lowest BCUT2D eigenvalue weighted by Gasteiger charge is -2.48. The number of rotatable bonds is 3. The second-order valence-electron chi connectivity index (χ2n) is 7.21. The van der Waals surface area contributed by atoms with E-state index in [9.17, 15) is 14.7 Å². The lowest BCUT2D eigenvalue weighted by Crippen LogP contribution is -2.61. The van der Waals surface area contributed by atoms with Gasteiger partial charge in [0.05, 0.1) is 6.04 Å². The number of H-pyrrole nitrogens is 2. The van der Waals surface area contributed by atoms with Gasteiger partial charge in [-0.3, -0.25) is 9.69 Å². The predicted molar refractivity (Wildman–Crippen MR) is 96.9 cm³/mol. The van der Waals surface area contributed by atoms with E-state index < -0.39 is 5.60 Å². The maximum absolute atomic E-state index is 12.8. The summed E-state index contributed by atoms with van der Waals surface area (Å²) >= 11 is 0. The van der Waals surface area contributed by atoms with E-state index >= 15 is 0 Å². The van der Waals surface area contributed by atoms with Crippen molar-refractivity contribution in [1.29, 1.82) is 0 Å². The Kier molecular flexibility index (Phi) is 4.42. The van der Waals surface area contributed by atoms with Gasteiger partial charge in [0.1, 0.15) is 11.3 Å². The Morgan fingerprint density at radius 1 is 1.15 bits per heavy atom. The third kappa shape index (κ3) is 2.97. The van der Waals surface area contributed by atoms with Crippen molar-refractivity contribution in [2.75, 3.05) is 26.2 Å². The summed E-state index contributed by atoms with van der Waals surface area (Å²) in [5.74, 6) is -0.206. The molecule has 0 unspecified atom stereocenters. The maximum atomic E-state index is 12.8. The molecule has 0 bridgehead atoms. The van der Waals surface area contributed by atoms with E-state index in [1.165, 1.54) is 6.20 Å². The number of carbonyl (C=O) groups excluding carboxylic acids is 1. The van der Waals surface area contributed by atoms with Gasteiger partial charge in [-0.15, -0.1) is 0 Å². The molecule has 138 valence electrons. The molecule has 2 aliphatic rings. The Hall–Kier alpha value is -2.38. The number of nitrogens with zero attached hydrogens (tertiary/aromatic N) is 2. The van der Waals surface area contributed by atoms with Gasteiger partial charge in [0.25, 0.3) is 5.91 Å². The normalized spacial score (nSPS) is 27.0. The van der Waals surface area contributed by atoms with Crippen LogP contribution in [0.1, 0.15) is 35.3 Å². The van der Waals surface area contributed by atoms with Crippen LogP contribution in [0.4, 0.5) is 0 Å². The molecule has 2 saturated heterocycles. The van der Waals surface area contributed by atoms with Crippen LogP contribution in [0.25, 0.3) is 0 Å². The van der Waals surface area contributed by atoms with Crippen LogP contribution < -0.4 is 5.69 Å². The molecule has 2 aliphatic heterocycles. The molecule has 0 saturated carbocycles. The molecule has 1 aromatic heterocycles. The smallest absolute Gasteiger partial charge is 0.323 e. The van der Waals surface area contributed by atoms with Gasteiger partial charge in [-0.1, -0.05) is 30.3 Å².